The summed E-state index contributed by atoms with van der Waals surface area (Å²) >= 11 is 15.5. The van der Waals surface area contributed by atoms with E-state index >= 15 is 0 Å². The van der Waals surface area contributed by atoms with E-state index < -0.39 is 0 Å². The molecule has 0 radical (unpaired) electrons. The number of halogens is 2. The first-order valence-electron chi connectivity index (χ1n) is 10.8. The normalized spacial score (nSPS) is 10.7. The lowest BCUT2D eigenvalue weighted by Gasteiger charge is -2.19. The van der Waals surface area contributed by atoms with Crippen molar-refractivity contribution in [1.82, 2.24) is 0 Å². The first-order chi connectivity index (χ1) is 17.4. The van der Waals surface area contributed by atoms with Crippen LogP contribution >= 0.6 is 46.7 Å². The number of hydrogen-bond donors (Lipinski definition) is 0. The first kappa shape index (κ1) is 26.4. The van der Waals surface area contributed by atoms with E-state index in [1.54, 1.807) is 52.0 Å². The third-order valence-electron chi connectivity index (χ3n) is 5.31. The van der Waals surface area contributed by atoms with Crippen molar-refractivity contribution in [3.63, 3.8) is 0 Å². The second-order valence-electron chi connectivity index (χ2n) is 7.53. The fraction of sp³-hybridized carbons (Fsp3) is 0.143. The van der Waals surface area contributed by atoms with Crippen molar-refractivity contribution in [2.75, 3.05) is 28.4 Å². The third kappa shape index (κ3) is 6.01. The predicted molar refractivity (Wildman–Crippen MR) is 149 cm³/mol. The molecule has 0 saturated carbocycles. The second kappa shape index (κ2) is 12.1. The molecule has 0 unspecified atom stereocenters. The van der Waals surface area contributed by atoms with E-state index in [4.69, 9.17) is 42.1 Å². The van der Waals surface area contributed by atoms with Crippen LogP contribution in [0.15, 0.2) is 92.4 Å². The molecule has 186 valence electrons. The van der Waals surface area contributed by atoms with E-state index in [2.05, 4.69) is 0 Å². The largest absolute Gasteiger partial charge is 0.496 e. The van der Waals surface area contributed by atoms with E-state index in [0.717, 1.165) is 30.7 Å². The maximum atomic E-state index is 6.18. The highest BCUT2D eigenvalue weighted by molar-refractivity contribution is 7.99. The molecule has 0 atom stereocenters. The Kier molecular flexibility index (Phi) is 8.86. The van der Waals surface area contributed by atoms with Crippen LogP contribution in [0, 0.1) is 0 Å². The molecule has 0 bridgehead atoms. The highest BCUT2D eigenvalue weighted by Gasteiger charge is 2.20. The Morgan fingerprint density at radius 2 is 0.889 bits per heavy atom. The van der Waals surface area contributed by atoms with Gasteiger partial charge in [0.15, 0.2) is 0 Å². The molecule has 0 aromatic heterocycles. The molecule has 8 heteroatoms. The lowest BCUT2D eigenvalue weighted by atomic mass is 10.0. The van der Waals surface area contributed by atoms with Crippen LogP contribution < -0.4 is 18.9 Å². The first-order valence-corrected chi connectivity index (χ1v) is 13.2. The van der Waals surface area contributed by atoms with Gasteiger partial charge in [-0.3, -0.25) is 0 Å². The van der Waals surface area contributed by atoms with Crippen molar-refractivity contribution in [2.45, 2.75) is 19.6 Å². The molecule has 4 rings (SSSR count). The summed E-state index contributed by atoms with van der Waals surface area (Å²) in [6.45, 7) is 0. The van der Waals surface area contributed by atoms with Crippen LogP contribution in [0.5, 0.6) is 23.0 Å². The molecule has 0 spiro atoms. The minimum atomic E-state index is 0.676. The molecule has 0 aliphatic heterocycles. The Bertz CT molecular complexity index is 1270. The van der Waals surface area contributed by atoms with Gasteiger partial charge < -0.3 is 18.9 Å². The summed E-state index contributed by atoms with van der Waals surface area (Å²) in [7, 11) is 6.59. The predicted octanol–water partition coefficient (Wildman–Crippen LogP) is 9.00. The van der Waals surface area contributed by atoms with Crippen LogP contribution in [0.25, 0.3) is 11.1 Å². The van der Waals surface area contributed by atoms with Crippen molar-refractivity contribution in [2.24, 2.45) is 0 Å². The van der Waals surface area contributed by atoms with Gasteiger partial charge in [-0.05, 0) is 60.7 Å². The molecule has 0 N–H and O–H groups in total. The fourth-order valence-corrected chi connectivity index (χ4v) is 6.14. The smallest absolute Gasteiger partial charge is 0.133 e. The Morgan fingerprint density at radius 1 is 0.500 bits per heavy atom. The molecule has 0 saturated heterocycles. The van der Waals surface area contributed by atoms with Gasteiger partial charge in [-0.2, -0.15) is 0 Å². The Hall–Kier alpha value is -2.64. The van der Waals surface area contributed by atoms with Gasteiger partial charge in [0.1, 0.15) is 23.0 Å². The number of rotatable bonds is 9. The van der Waals surface area contributed by atoms with Crippen LogP contribution in [0.1, 0.15) is 0 Å². The maximum absolute atomic E-state index is 6.18. The topological polar surface area (TPSA) is 36.9 Å². The summed E-state index contributed by atoms with van der Waals surface area (Å²) in [6, 6.07) is 23.2. The number of hydrogen-bond acceptors (Lipinski definition) is 6. The Morgan fingerprint density at radius 3 is 1.22 bits per heavy atom. The summed E-state index contributed by atoms with van der Waals surface area (Å²) in [6.07, 6.45) is 0. The van der Waals surface area contributed by atoms with Gasteiger partial charge in [-0.15, -0.1) is 0 Å². The molecule has 36 heavy (non-hydrogen) atoms. The van der Waals surface area contributed by atoms with Gasteiger partial charge in [0.05, 0.1) is 38.2 Å². The number of ether oxygens (including phenoxy) is 4. The van der Waals surface area contributed by atoms with E-state index in [1.807, 2.05) is 72.8 Å². The van der Waals surface area contributed by atoms with Gasteiger partial charge in [-0.1, -0.05) is 58.9 Å². The maximum Gasteiger partial charge on any atom is 0.133 e. The van der Waals surface area contributed by atoms with E-state index in [9.17, 15) is 0 Å². The number of methoxy groups -OCH3 is 4. The summed E-state index contributed by atoms with van der Waals surface area (Å²) < 4.78 is 23.1. The lowest BCUT2D eigenvalue weighted by Crippen LogP contribution is -1.97. The van der Waals surface area contributed by atoms with Crippen LogP contribution in [-0.2, 0) is 0 Å². The minimum Gasteiger partial charge on any atom is -0.496 e. The Balaban J connectivity index is 1.79. The van der Waals surface area contributed by atoms with Crippen LogP contribution in [0.2, 0.25) is 10.0 Å². The molecule has 0 amide bonds. The van der Waals surface area contributed by atoms with E-state index in [1.165, 1.54) is 0 Å². The van der Waals surface area contributed by atoms with Crippen LogP contribution in [0.4, 0.5) is 0 Å². The quantitative estimate of drug-likeness (QED) is 0.204. The average Bonchev–Trinajstić information content (AvgIpc) is 2.88. The van der Waals surface area contributed by atoms with Crippen molar-refractivity contribution < 1.29 is 18.9 Å². The third-order valence-corrected chi connectivity index (χ3v) is 7.84. The molecular formula is C28H24Cl2O4S2. The van der Waals surface area contributed by atoms with Crippen molar-refractivity contribution in [3.8, 4) is 34.1 Å². The van der Waals surface area contributed by atoms with Crippen molar-refractivity contribution in [1.29, 1.82) is 0 Å². The molecule has 0 aliphatic carbocycles. The molecule has 4 aromatic rings. The highest BCUT2D eigenvalue weighted by Crippen LogP contribution is 2.48. The summed E-state index contributed by atoms with van der Waals surface area (Å²) in [5.41, 5.74) is 1.64. The summed E-state index contributed by atoms with van der Waals surface area (Å²) in [5, 5.41) is 1.35. The standard InChI is InChI=1S/C28H24Cl2O4S2/c1-31-23-15-27(35-19-9-5-7-17(29)11-19)25(33-3)13-21(23)22-14-26(34-4)28(16-24(22)32-2)36-20-10-6-8-18(30)12-20/h5-16H,1-4H3. The molecule has 0 heterocycles. The highest BCUT2D eigenvalue weighted by atomic mass is 35.5. The molecule has 4 nitrogen and oxygen atoms in total. The minimum absolute atomic E-state index is 0.676. The molecule has 4 aromatic carbocycles. The van der Waals surface area contributed by atoms with Gasteiger partial charge in [-0.25, -0.2) is 0 Å². The van der Waals surface area contributed by atoms with Crippen LogP contribution in [-0.4, -0.2) is 28.4 Å². The second-order valence-corrected chi connectivity index (χ2v) is 10.6. The molecular weight excluding hydrogens is 535 g/mol. The van der Waals surface area contributed by atoms with Gasteiger partial charge in [0.2, 0.25) is 0 Å². The fourth-order valence-electron chi connectivity index (χ4n) is 3.63. The van der Waals surface area contributed by atoms with E-state index in [-0.39, 0.29) is 0 Å². The SMILES string of the molecule is COc1cc(-c2cc(OC)c(Sc3cccc(Cl)c3)cc2OC)c(OC)cc1Sc1cccc(Cl)c1. The summed E-state index contributed by atoms with van der Waals surface area (Å²) in [4.78, 5) is 3.80. The van der Waals surface area contributed by atoms with Crippen LogP contribution in [0.3, 0.4) is 0 Å². The zero-order valence-corrected chi connectivity index (χ0v) is 23.3. The molecule has 0 fully saturated rings. The van der Waals surface area contributed by atoms with E-state index in [0.29, 0.717) is 33.0 Å². The monoisotopic (exact) mass is 558 g/mol. The van der Waals surface area contributed by atoms with Gasteiger partial charge >= 0.3 is 0 Å². The van der Waals surface area contributed by atoms with Gasteiger partial charge in [0, 0.05) is 31.0 Å². The summed E-state index contributed by atoms with van der Waals surface area (Å²) in [5.74, 6) is 2.76. The van der Waals surface area contributed by atoms with Crippen molar-refractivity contribution >= 4 is 46.7 Å². The zero-order valence-electron chi connectivity index (χ0n) is 20.1. The number of benzene rings is 4. The molecule has 0 aliphatic rings. The van der Waals surface area contributed by atoms with Gasteiger partial charge in [0.25, 0.3) is 0 Å². The zero-order chi connectivity index (χ0) is 25.7. The average molecular weight is 560 g/mol. The lowest BCUT2D eigenvalue weighted by molar-refractivity contribution is 0.391. The Labute approximate surface area is 229 Å². The van der Waals surface area contributed by atoms with Crippen molar-refractivity contribution in [3.05, 3.63) is 82.8 Å².